The topological polar surface area (TPSA) is 84.5 Å². The van der Waals surface area contributed by atoms with Crippen molar-refractivity contribution in [2.45, 2.75) is 130 Å². The Bertz CT molecular complexity index is 987. The SMILES string of the molecule is C=[C](C[C@@H](NC(=O)[C@H](Cc1ccccc1)NC(=O)C(F)(F)F)C(=O)OC(C)(C)C)[Sn]([CH2]CCC)([CH2]CCC)[CH2]CCC. The average Bonchev–Trinajstić information content (AvgIpc) is 2.91. The van der Waals surface area contributed by atoms with Gasteiger partial charge in [0, 0.05) is 0 Å². The number of esters is 1. The number of carbonyl (C=O) groups is 3. The minimum atomic E-state index is -5.17. The number of amides is 2. The van der Waals surface area contributed by atoms with Crippen molar-refractivity contribution in [1.29, 1.82) is 0 Å². The summed E-state index contributed by atoms with van der Waals surface area (Å²) in [5, 5.41) is 4.49. The van der Waals surface area contributed by atoms with Crippen LogP contribution in [0.4, 0.5) is 13.2 Å². The van der Waals surface area contributed by atoms with Crippen molar-refractivity contribution >= 4 is 36.2 Å². The molecular weight excluding hydrogens is 652 g/mol. The van der Waals surface area contributed by atoms with Crippen LogP contribution < -0.4 is 10.6 Å². The maximum absolute atomic E-state index is 13.5. The van der Waals surface area contributed by atoms with Crippen LogP contribution in [0.15, 0.2) is 40.5 Å². The van der Waals surface area contributed by atoms with Gasteiger partial charge in [-0.15, -0.1) is 0 Å². The van der Waals surface area contributed by atoms with E-state index in [0.717, 1.165) is 55.4 Å². The first-order valence-corrected chi connectivity index (χ1v) is 22.7. The van der Waals surface area contributed by atoms with E-state index in [2.05, 4.69) is 32.7 Å². The van der Waals surface area contributed by atoms with Crippen molar-refractivity contribution in [2.75, 3.05) is 0 Å². The number of nitrogens with one attached hydrogen (secondary N) is 2. The third-order valence-corrected chi connectivity index (χ3v) is 23.5. The number of benzene rings is 1. The Morgan fingerprint density at radius 3 is 1.79 bits per heavy atom. The second-order valence-corrected chi connectivity index (χ2v) is 25.8. The standard InChI is InChI=1S/C20H24F3N2O4.3C4H9.Sn/c1-5-9-14(17(27)29-19(2,3)4)24-16(26)15(25-18(28)20(21,22)23)12-13-10-7-6-8-11-13;3*1-3-4-2;/h6-8,10-11,14-15H,1,9,12H2,2-4H3,(H,24,26)(H,25,28);3*1,3-4H2,2H3;/t14-,15+;;;;/m1..../s1. The third kappa shape index (κ3) is 13.5. The molecule has 0 bridgehead atoms. The molecule has 0 saturated heterocycles. The zero-order chi connectivity index (χ0) is 32.0. The minimum absolute atomic E-state index is 0.177. The molecule has 1 aromatic rings. The van der Waals surface area contributed by atoms with Gasteiger partial charge in [0.05, 0.1) is 0 Å². The molecule has 0 spiro atoms. The van der Waals surface area contributed by atoms with E-state index in [1.54, 1.807) is 51.1 Å². The Kier molecular flexibility index (Phi) is 16.2. The molecule has 10 heteroatoms. The molecule has 0 saturated carbocycles. The van der Waals surface area contributed by atoms with Crippen molar-refractivity contribution in [3.63, 3.8) is 0 Å². The zero-order valence-corrected chi connectivity index (χ0v) is 29.1. The van der Waals surface area contributed by atoms with E-state index in [1.165, 1.54) is 0 Å². The fourth-order valence-corrected chi connectivity index (χ4v) is 20.9. The first-order chi connectivity index (χ1) is 19.6. The quantitative estimate of drug-likeness (QED) is 0.123. The van der Waals surface area contributed by atoms with Crippen LogP contribution in [-0.2, 0) is 25.5 Å². The predicted octanol–water partition coefficient (Wildman–Crippen LogP) is 7.44. The first-order valence-electron chi connectivity index (χ1n) is 15.2. The number of unbranched alkanes of at least 4 members (excludes halogenated alkanes) is 3. The molecule has 0 heterocycles. The van der Waals surface area contributed by atoms with Gasteiger partial charge in [-0.1, -0.05) is 0 Å². The van der Waals surface area contributed by atoms with E-state index in [9.17, 15) is 27.6 Å². The molecule has 42 heavy (non-hydrogen) atoms. The molecule has 0 fully saturated rings. The van der Waals surface area contributed by atoms with Crippen LogP contribution in [0.5, 0.6) is 0 Å². The van der Waals surface area contributed by atoms with Gasteiger partial charge in [-0.2, -0.15) is 0 Å². The summed E-state index contributed by atoms with van der Waals surface area (Å²) in [6.07, 6.45) is 1.23. The van der Waals surface area contributed by atoms with Crippen molar-refractivity contribution in [3.8, 4) is 0 Å². The van der Waals surface area contributed by atoms with Gasteiger partial charge in [-0.25, -0.2) is 0 Å². The Labute approximate surface area is 254 Å². The molecule has 1 rings (SSSR count). The molecule has 0 aliphatic heterocycles. The zero-order valence-electron chi connectivity index (χ0n) is 26.3. The van der Waals surface area contributed by atoms with Crippen molar-refractivity contribution in [3.05, 3.63) is 46.1 Å². The van der Waals surface area contributed by atoms with Crippen LogP contribution in [0.2, 0.25) is 13.3 Å². The average molecular weight is 703 g/mol. The van der Waals surface area contributed by atoms with Gasteiger partial charge in [0.2, 0.25) is 0 Å². The summed E-state index contributed by atoms with van der Waals surface area (Å²) in [5.41, 5.74) is -0.283. The number of hydrogen-bond donors (Lipinski definition) is 2. The molecule has 2 amide bonds. The van der Waals surface area contributed by atoms with E-state index in [4.69, 9.17) is 4.74 Å². The summed E-state index contributed by atoms with van der Waals surface area (Å²) >= 11 is -3.04. The van der Waals surface area contributed by atoms with Crippen molar-refractivity contribution < 1.29 is 32.3 Å². The fourth-order valence-electron chi connectivity index (χ4n) is 5.05. The normalized spacial score (nSPS) is 13.6. The molecule has 0 unspecified atom stereocenters. The van der Waals surface area contributed by atoms with Gasteiger partial charge in [0.25, 0.3) is 0 Å². The molecule has 2 atom stereocenters. The molecule has 0 aliphatic rings. The van der Waals surface area contributed by atoms with Gasteiger partial charge < -0.3 is 0 Å². The van der Waals surface area contributed by atoms with Crippen LogP contribution in [0.3, 0.4) is 0 Å². The fraction of sp³-hybridized carbons (Fsp3) is 0.656. The number of rotatable bonds is 18. The van der Waals surface area contributed by atoms with Crippen LogP contribution >= 0.6 is 0 Å². The number of carbonyl (C=O) groups excluding carboxylic acids is 3. The Hall–Kier alpha value is -2.04. The summed E-state index contributed by atoms with van der Waals surface area (Å²) < 4.78 is 49.5. The number of halogens is 3. The van der Waals surface area contributed by atoms with Crippen LogP contribution in [0.1, 0.15) is 92.1 Å². The van der Waals surface area contributed by atoms with E-state index < -0.39 is 60.0 Å². The molecule has 0 aromatic heterocycles. The van der Waals surface area contributed by atoms with Crippen molar-refractivity contribution in [1.82, 2.24) is 10.6 Å². The van der Waals surface area contributed by atoms with Crippen LogP contribution in [0.25, 0.3) is 0 Å². The van der Waals surface area contributed by atoms with E-state index in [-0.39, 0.29) is 12.8 Å². The summed E-state index contributed by atoms with van der Waals surface area (Å²) in [4.78, 5) is 38.8. The second kappa shape index (κ2) is 17.9. The van der Waals surface area contributed by atoms with E-state index >= 15 is 0 Å². The maximum atomic E-state index is 13.5. The molecule has 2 N–H and O–H groups in total. The van der Waals surface area contributed by atoms with Crippen molar-refractivity contribution in [2.24, 2.45) is 0 Å². The summed E-state index contributed by atoms with van der Waals surface area (Å²) in [6.45, 7) is 16.1. The Morgan fingerprint density at radius 2 is 1.36 bits per heavy atom. The monoisotopic (exact) mass is 704 g/mol. The predicted molar refractivity (Wildman–Crippen MR) is 165 cm³/mol. The number of ether oxygens (including phenoxy) is 1. The Morgan fingerprint density at radius 1 is 0.857 bits per heavy atom. The molecule has 0 aliphatic carbocycles. The van der Waals surface area contributed by atoms with Gasteiger partial charge in [0.1, 0.15) is 0 Å². The van der Waals surface area contributed by atoms with Crippen LogP contribution in [0, 0.1) is 0 Å². The summed E-state index contributed by atoms with van der Waals surface area (Å²) in [7, 11) is 0. The molecule has 6 nitrogen and oxygen atoms in total. The summed E-state index contributed by atoms with van der Waals surface area (Å²) in [5.74, 6) is -3.76. The van der Waals surface area contributed by atoms with Gasteiger partial charge >= 0.3 is 255 Å². The van der Waals surface area contributed by atoms with E-state index in [0.29, 0.717) is 5.56 Å². The van der Waals surface area contributed by atoms with Crippen LogP contribution in [-0.4, -0.2) is 60.0 Å². The van der Waals surface area contributed by atoms with Gasteiger partial charge in [0.15, 0.2) is 0 Å². The second-order valence-electron chi connectivity index (χ2n) is 12.2. The first kappa shape index (κ1) is 38.0. The van der Waals surface area contributed by atoms with Gasteiger partial charge in [-0.3, -0.25) is 0 Å². The number of hydrogen-bond acceptors (Lipinski definition) is 4. The molecule has 0 radical (unpaired) electrons. The molecule has 238 valence electrons. The molecule has 1 aromatic carbocycles. The Balaban J connectivity index is 3.42. The number of alkyl halides is 3. The molecular formula is C32H51F3N2O4Sn. The van der Waals surface area contributed by atoms with E-state index in [1.807, 2.05) is 5.32 Å². The summed E-state index contributed by atoms with van der Waals surface area (Å²) in [6, 6.07) is 5.76. The van der Waals surface area contributed by atoms with Gasteiger partial charge in [-0.05, 0) is 0 Å². The third-order valence-electron chi connectivity index (χ3n) is 7.40.